The van der Waals surface area contributed by atoms with Crippen molar-refractivity contribution < 1.29 is 9.18 Å². The van der Waals surface area contributed by atoms with E-state index >= 15 is 0 Å². The number of carbonyl (C=O) groups is 1. The highest BCUT2D eigenvalue weighted by atomic mass is 19.1. The summed E-state index contributed by atoms with van der Waals surface area (Å²) in [7, 11) is 1.93. The molecule has 0 heterocycles. The molecule has 1 aromatic rings. The van der Waals surface area contributed by atoms with E-state index in [4.69, 9.17) is 0 Å². The molecule has 2 rings (SSSR count). The standard InChI is InChI=1S/C16H23FN2O/c1-12-10-13(6-7-14(12)17)19-15(20)11-16(18-2)8-4-3-5-9-16/h6-7,10,18H,3-5,8-9,11H2,1-2H3,(H,19,20). The Kier molecular flexibility index (Phi) is 4.76. The van der Waals surface area contributed by atoms with Crippen LogP contribution in [0.1, 0.15) is 44.1 Å². The Morgan fingerprint density at radius 1 is 1.30 bits per heavy atom. The van der Waals surface area contributed by atoms with E-state index in [1.165, 1.54) is 25.3 Å². The maximum atomic E-state index is 13.2. The number of rotatable bonds is 4. The lowest BCUT2D eigenvalue weighted by Gasteiger charge is -2.36. The van der Waals surface area contributed by atoms with Crippen LogP contribution in [-0.2, 0) is 4.79 Å². The molecule has 3 nitrogen and oxygen atoms in total. The SMILES string of the molecule is CNC1(CC(=O)Nc2ccc(F)c(C)c2)CCCCC1. The van der Waals surface area contributed by atoms with Crippen molar-refractivity contribution in [1.29, 1.82) is 0 Å². The minimum Gasteiger partial charge on any atom is -0.326 e. The zero-order valence-electron chi connectivity index (χ0n) is 12.3. The van der Waals surface area contributed by atoms with E-state index in [0.717, 1.165) is 12.8 Å². The van der Waals surface area contributed by atoms with Crippen LogP contribution in [0.3, 0.4) is 0 Å². The van der Waals surface area contributed by atoms with Crippen molar-refractivity contribution in [2.45, 2.75) is 51.0 Å². The second-order valence-corrected chi connectivity index (χ2v) is 5.78. The van der Waals surface area contributed by atoms with Gasteiger partial charge in [0.25, 0.3) is 0 Å². The number of nitrogens with one attached hydrogen (secondary N) is 2. The Balaban J connectivity index is 1.98. The van der Waals surface area contributed by atoms with E-state index in [9.17, 15) is 9.18 Å². The molecule has 0 saturated heterocycles. The van der Waals surface area contributed by atoms with Crippen molar-refractivity contribution in [2.75, 3.05) is 12.4 Å². The Morgan fingerprint density at radius 3 is 2.60 bits per heavy atom. The maximum Gasteiger partial charge on any atom is 0.226 e. The van der Waals surface area contributed by atoms with Crippen molar-refractivity contribution in [1.82, 2.24) is 5.32 Å². The predicted octanol–water partition coefficient (Wildman–Crippen LogP) is 3.39. The smallest absolute Gasteiger partial charge is 0.226 e. The molecule has 1 aliphatic carbocycles. The summed E-state index contributed by atoms with van der Waals surface area (Å²) < 4.78 is 13.2. The monoisotopic (exact) mass is 278 g/mol. The fourth-order valence-electron chi connectivity index (χ4n) is 2.98. The van der Waals surface area contributed by atoms with Crippen molar-refractivity contribution in [2.24, 2.45) is 0 Å². The molecule has 20 heavy (non-hydrogen) atoms. The number of amides is 1. The van der Waals surface area contributed by atoms with Gasteiger partial charge in [0, 0.05) is 17.6 Å². The first-order chi connectivity index (χ1) is 9.54. The third-order valence-electron chi connectivity index (χ3n) is 4.28. The van der Waals surface area contributed by atoms with E-state index in [1.54, 1.807) is 19.1 Å². The van der Waals surface area contributed by atoms with Crippen LogP contribution in [0.5, 0.6) is 0 Å². The third kappa shape index (κ3) is 3.57. The minimum absolute atomic E-state index is 0.00717. The molecular formula is C16H23FN2O. The number of hydrogen-bond acceptors (Lipinski definition) is 2. The van der Waals surface area contributed by atoms with Gasteiger partial charge >= 0.3 is 0 Å². The topological polar surface area (TPSA) is 41.1 Å². The molecule has 1 amide bonds. The molecular weight excluding hydrogens is 255 g/mol. The highest BCUT2D eigenvalue weighted by molar-refractivity contribution is 5.91. The molecule has 1 aromatic carbocycles. The highest BCUT2D eigenvalue weighted by Gasteiger charge is 2.32. The number of halogens is 1. The van der Waals surface area contributed by atoms with Crippen LogP contribution < -0.4 is 10.6 Å². The lowest BCUT2D eigenvalue weighted by molar-refractivity contribution is -0.117. The molecule has 0 bridgehead atoms. The zero-order chi connectivity index (χ0) is 14.6. The van der Waals surface area contributed by atoms with Gasteiger partial charge in [0.05, 0.1) is 0 Å². The van der Waals surface area contributed by atoms with Crippen LogP contribution >= 0.6 is 0 Å². The Hall–Kier alpha value is -1.42. The summed E-state index contributed by atoms with van der Waals surface area (Å²) >= 11 is 0. The number of anilines is 1. The summed E-state index contributed by atoms with van der Waals surface area (Å²) in [5.74, 6) is -0.255. The molecule has 0 spiro atoms. The first-order valence-electron chi connectivity index (χ1n) is 7.30. The summed E-state index contributed by atoms with van der Waals surface area (Å²) in [4.78, 5) is 12.2. The van der Waals surface area contributed by atoms with Gasteiger partial charge in [-0.15, -0.1) is 0 Å². The Morgan fingerprint density at radius 2 is 2.00 bits per heavy atom. The van der Waals surface area contributed by atoms with Crippen LogP contribution in [0.15, 0.2) is 18.2 Å². The molecule has 4 heteroatoms. The maximum absolute atomic E-state index is 13.2. The Labute approximate surface area is 120 Å². The van der Waals surface area contributed by atoms with Gasteiger partial charge in [-0.05, 0) is 50.6 Å². The predicted molar refractivity (Wildman–Crippen MR) is 79.3 cm³/mol. The average Bonchev–Trinajstić information content (AvgIpc) is 2.44. The average molecular weight is 278 g/mol. The summed E-state index contributed by atoms with van der Waals surface area (Å²) in [5, 5.41) is 6.20. The van der Waals surface area contributed by atoms with Crippen LogP contribution in [0.2, 0.25) is 0 Å². The van der Waals surface area contributed by atoms with Gasteiger partial charge in [0.2, 0.25) is 5.91 Å². The molecule has 110 valence electrons. The fourth-order valence-corrected chi connectivity index (χ4v) is 2.98. The van der Waals surface area contributed by atoms with E-state index < -0.39 is 0 Å². The molecule has 2 N–H and O–H groups in total. The van der Waals surface area contributed by atoms with E-state index in [-0.39, 0.29) is 17.3 Å². The molecule has 0 radical (unpaired) electrons. The van der Waals surface area contributed by atoms with Gasteiger partial charge in [0.15, 0.2) is 0 Å². The van der Waals surface area contributed by atoms with Gasteiger partial charge in [-0.2, -0.15) is 0 Å². The van der Waals surface area contributed by atoms with Crippen molar-refractivity contribution >= 4 is 11.6 Å². The minimum atomic E-state index is -0.248. The van der Waals surface area contributed by atoms with E-state index in [0.29, 0.717) is 17.7 Å². The van der Waals surface area contributed by atoms with Crippen LogP contribution in [-0.4, -0.2) is 18.5 Å². The van der Waals surface area contributed by atoms with Crippen LogP contribution in [0.4, 0.5) is 10.1 Å². The lowest BCUT2D eigenvalue weighted by atomic mass is 9.79. The first-order valence-corrected chi connectivity index (χ1v) is 7.30. The molecule has 1 saturated carbocycles. The quantitative estimate of drug-likeness (QED) is 0.886. The molecule has 0 aromatic heterocycles. The summed E-state index contributed by atoms with van der Waals surface area (Å²) in [6.07, 6.45) is 6.15. The normalized spacial score (nSPS) is 17.8. The zero-order valence-corrected chi connectivity index (χ0v) is 12.3. The van der Waals surface area contributed by atoms with Gasteiger partial charge in [0.1, 0.15) is 5.82 Å². The van der Waals surface area contributed by atoms with Gasteiger partial charge in [-0.1, -0.05) is 19.3 Å². The third-order valence-corrected chi connectivity index (χ3v) is 4.28. The number of carbonyl (C=O) groups excluding carboxylic acids is 1. The number of aryl methyl sites for hydroxylation is 1. The summed E-state index contributed by atoms with van der Waals surface area (Å²) in [6, 6.07) is 4.66. The van der Waals surface area contributed by atoms with Gasteiger partial charge < -0.3 is 10.6 Å². The summed E-state index contributed by atoms with van der Waals surface area (Å²) in [5.41, 5.74) is 1.14. The second-order valence-electron chi connectivity index (χ2n) is 5.78. The number of hydrogen-bond donors (Lipinski definition) is 2. The first kappa shape index (κ1) is 15.0. The van der Waals surface area contributed by atoms with E-state index in [2.05, 4.69) is 10.6 Å². The largest absolute Gasteiger partial charge is 0.326 e. The molecule has 0 atom stereocenters. The van der Waals surface area contributed by atoms with E-state index in [1.807, 2.05) is 7.05 Å². The van der Waals surface area contributed by atoms with Crippen LogP contribution in [0.25, 0.3) is 0 Å². The summed E-state index contributed by atoms with van der Waals surface area (Å²) in [6.45, 7) is 1.70. The highest BCUT2D eigenvalue weighted by Crippen LogP contribution is 2.31. The lowest BCUT2D eigenvalue weighted by Crippen LogP contribution is -2.47. The van der Waals surface area contributed by atoms with Crippen LogP contribution in [0, 0.1) is 12.7 Å². The van der Waals surface area contributed by atoms with Gasteiger partial charge in [-0.25, -0.2) is 4.39 Å². The van der Waals surface area contributed by atoms with Crippen molar-refractivity contribution in [3.8, 4) is 0 Å². The molecule has 1 aliphatic rings. The van der Waals surface area contributed by atoms with Crippen molar-refractivity contribution in [3.05, 3.63) is 29.6 Å². The molecule has 0 unspecified atom stereocenters. The molecule has 0 aliphatic heterocycles. The fraction of sp³-hybridized carbons (Fsp3) is 0.562. The van der Waals surface area contributed by atoms with Gasteiger partial charge in [-0.3, -0.25) is 4.79 Å². The second kappa shape index (κ2) is 6.35. The number of benzene rings is 1. The Bertz CT molecular complexity index is 481. The van der Waals surface area contributed by atoms with Crippen molar-refractivity contribution in [3.63, 3.8) is 0 Å². The molecule has 1 fully saturated rings.